The van der Waals surface area contributed by atoms with Crippen molar-refractivity contribution in [1.29, 1.82) is 0 Å². The molecule has 0 aliphatic heterocycles. The maximum atomic E-state index is 2.44. The third-order valence-electron chi connectivity index (χ3n) is 3.85. The van der Waals surface area contributed by atoms with Gasteiger partial charge in [-0.2, -0.15) is 0 Å². The van der Waals surface area contributed by atoms with Gasteiger partial charge in [-0.25, -0.2) is 0 Å². The molecule has 0 N–H and O–H groups in total. The lowest BCUT2D eigenvalue weighted by Gasteiger charge is -2.31. The molecular weight excluding hydrogens is 264 g/mol. The molecule has 2 rings (SSSR count). The summed E-state index contributed by atoms with van der Waals surface area (Å²) in [5.41, 5.74) is 3.24. The molecule has 0 radical (unpaired) electrons. The van der Waals surface area contributed by atoms with E-state index in [0.717, 1.165) is 0 Å². The lowest BCUT2D eigenvalue weighted by molar-refractivity contribution is 0.639. The van der Waals surface area contributed by atoms with Gasteiger partial charge >= 0.3 is 0 Å². The van der Waals surface area contributed by atoms with Crippen LogP contribution in [-0.2, 0) is 5.41 Å². The molecule has 0 saturated heterocycles. The first-order valence-electron chi connectivity index (χ1n) is 6.88. The van der Waals surface area contributed by atoms with Crippen LogP contribution in [0.3, 0.4) is 0 Å². The summed E-state index contributed by atoms with van der Waals surface area (Å²) in [6.45, 7) is 2.44. The Morgan fingerprint density at radius 2 is 1.33 bits per heavy atom. The molecule has 0 saturated carbocycles. The molecule has 3 heteroatoms. The average Bonchev–Trinajstić information content (AvgIpc) is 2.46. The Labute approximate surface area is 117 Å². The van der Waals surface area contributed by atoms with Crippen molar-refractivity contribution in [2.45, 2.75) is 18.4 Å². The van der Waals surface area contributed by atoms with Crippen molar-refractivity contribution in [2.24, 2.45) is 0 Å². The number of rotatable bonds is 5. The molecule has 0 heterocycles. The summed E-state index contributed by atoms with van der Waals surface area (Å²) in [5, 5.41) is 0. The molecule has 94 valence electrons. The fraction of sp³-hybridized carbons (Fsp3) is 0.200. The van der Waals surface area contributed by atoms with Crippen molar-refractivity contribution >= 4 is 27.4 Å². The van der Waals surface area contributed by atoms with Gasteiger partial charge in [0, 0.05) is 14.5 Å². The van der Waals surface area contributed by atoms with E-state index in [2.05, 4.69) is 67.6 Å². The van der Waals surface area contributed by atoms with E-state index in [4.69, 9.17) is 0 Å². The van der Waals surface area contributed by atoms with E-state index in [1.165, 1.54) is 26.9 Å². The SMILES string of the molecule is CC(C[SiH2][SiH2][SiH3])(c1ccccc1)c1ccccc1. The van der Waals surface area contributed by atoms with Crippen LogP contribution < -0.4 is 0 Å². The maximum Gasteiger partial charge on any atom is 0.0144 e. The van der Waals surface area contributed by atoms with Gasteiger partial charge < -0.3 is 0 Å². The lowest BCUT2D eigenvalue weighted by atomic mass is 9.78. The fourth-order valence-corrected chi connectivity index (χ4v) is 10.6. The van der Waals surface area contributed by atoms with Gasteiger partial charge in [-0.05, 0) is 29.4 Å². The molecule has 0 amide bonds. The summed E-state index contributed by atoms with van der Waals surface area (Å²) in [6.07, 6.45) is 0. The van der Waals surface area contributed by atoms with Gasteiger partial charge in [0.1, 0.15) is 0 Å². The zero-order valence-corrected chi connectivity index (χ0v) is 16.2. The average molecular weight is 287 g/mol. The Hall–Kier alpha value is -0.909. The smallest absolute Gasteiger partial charge is 0.0144 e. The van der Waals surface area contributed by atoms with Gasteiger partial charge in [0.05, 0.1) is 0 Å². The topological polar surface area (TPSA) is 0 Å². The van der Waals surface area contributed by atoms with E-state index in [1.807, 2.05) is 0 Å². The van der Waals surface area contributed by atoms with Crippen LogP contribution in [0, 0.1) is 0 Å². The minimum atomic E-state index is 0.231. The molecule has 0 aliphatic rings. The minimum Gasteiger partial charge on any atom is -0.0622 e. The van der Waals surface area contributed by atoms with Gasteiger partial charge in [0.15, 0.2) is 0 Å². The third kappa shape index (κ3) is 2.91. The second-order valence-electron chi connectivity index (χ2n) is 5.17. The zero-order valence-electron chi connectivity index (χ0n) is 11.4. The Morgan fingerprint density at radius 3 is 1.72 bits per heavy atom. The Bertz CT molecular complexity index is 428. The summed E-state index contributed by atoms with van der Waals surface area (Å²) >= 11 is 0. The second-order valence-corrected chi connectivity index (χ2v) is 21.5. The molecule has 0 aromatic heterocycles. The van der Waals surface area contributed by atoms with Crippen LogP contribution >= 0.6 is 0 Å². The van der Waals surface area contributed by atoms with Crippen LogP contribution in [0.4, 0.5) is 0 Å². The van der Waals surface area contributed by atoms with Crippen molar-refractivity contribution in [3.8, 4) is 0 Å². The second kappa shape index (κ2) is 6.31. The Morgan fingerprint density at radius 1 is 0.889 bits per heavy atom. The fourth-order valence-electron chi connectivity index (χ4n) is 2.60. The van der Waals surface area contributed by atoms with E-state index in [1.54, 1.807) is 0 Å². The third-order valence-corrected chi connectivity index (χ3v) is 15.5. The largest absolute Gasteiger partial charge is 0.0622 e. The number of benzene rings is 2. The van der Waals surface area contributed by atoms with Gasteiger partial charge in [-0.3, -0.25) is 0 Å². The highest BCUT2D eigenvalue weighted by molar-refractivity contribution is 7.23. The van der Waals surface area contributed by atoms with E-state index in [-0.39, 0.29) is 14.5 Å². The zero-order chi connectivity index (χ0) is 12.8. The highest BCUT2D eigenvalue weighted by atomic mass is 29.5. The number of hydrogen-bond acceptors (Lipinski definition) is 0. The summed E-state index contributed by atoms with van der Waals surface area (Å²) in [4.78, 5) is 0. The van der Waals surface area contributed by atoms with Crippen LogP contribution in [0.15, 0.2) is 60.7 Å². The summed E-state index contributed by atoms with van der Waals surface area (Å²) in [5.74, 6) is 0. The minimum absolute atomic E-state index is 0.231. The van der Waals surface area contributed by atoms with Crippen LogP contribution in [0.5, 0.6) is 0 Å². The quantitative estimate of drug-likeness (QED) is 0.718. The molecule has 0 nitrogen and oxygen atoms in total. The molecule has 0 unspecified atom stereocenters. The van der Waals surface area contributed by atoms with Crippen molar-refractivity contribution < 1.29 is 0 Å². The first kappa shape index (κ1) is 13.5. The maximum absolute atomic E-state index is 2.44. The van der Waals surface area contributed by atoms with Crippen LogP contribution in [0.2, 0.25) is 6.04 Å². The number of hydrogen-bond donors (Lipinski definition) is 0. The van der Waals surface area contributed by atoms with Gasteiger partial charge in [0.25, 0.3) is 0 Å². The first-order chi connectivity index (χ1) is 8.77. The van der Waals surface area contributed by atoms with Crippen molar-refractivity contribution in [3.63, 3.8) is 0 Å². The first-order valence-corrected chi connectivity index (χ1v) is 17.5. The van der Waals surface area contributed by atoms with Gasteiger partial charge in [-0.1, -0.05) is 73.6 Å². The predicted molar refractivity (Wildman–Crippen MR) is 91.2 cm³/mol. The molecule has 0 fully saturated rings. The molecule has 18 heavy (non-hydrogen) atoms. The molecule has 2 aromatic rings. The van der Waals surface area contributed by atoms with Gasteiger partial charge in [0.2, 0.25) is 0 Å². The standard InChI is InChI=1S/C15H22Si3/c1-15(12-17-18-16,13-8-4-2-5-9-13)14-10-6-3-7-11-14/h2-11H,12,17-18H2,1,16H3. The van der Waals surface area contributed by atoms with Crippen LogP contribution in [0.25, 0.3) is 0 Å². The predicted octanol–water partition coefficient (Wildman–Crippen LogP) is 0.944. The van der Waals surface area contributed by atoms with Crippen molar-refractivity contribution in [3.05, 3.63) is 71.8 Å². The normalized spacial score (nSPS) is 12.9. The highest BCUT2D eigenvalue weighted by Gasteiger charge is 2.27. The summed E-state index contributed by atoms with van der Waals surface area (Å²) in [7, 11) is 2.14. The monoisotopic (exact) mass is 286 g/mol. The van der Waals surface area contributed by atoms with Crippen LogP contribution in [-0.4, -0.2) is 27.4 Å². The summed E-state index contributed by atoms with van der Waals surface area (Å²) < 4.78 is 0. The molecule has 0 atom stereocenters. The Kier molecular flexibility index (Phi) is 4.74. The molecular formula is C15H22Si3. The van der Waals surface area contributed by atoms with E-state index in [0.29, 0.717) is 8.55 Å². The summed E-state index contributed by atoms with van der Waals surface area (Å²) in [6, 6.07) is 23.6. The van der Waals surface area contributed by atoms with E-state index >= 15 is 0 Å². The lowest BCUT2D eigenvalue weighted by Crippen LogP contribution is -2.27. The van der Waals surface area contributed by atoms with Gasteiger partial charge in [-0.15, -0.1) is 0 Å². The molecule has 0 aliphatic carbocycles. The van der Waals surface area contributed by atoms with Crippen molar-refractivity contribution in [1.82, 2.24) is 0 Å². The molecule has 0 bridgehead atoms. The van der Waals surface area contributed by atoms with E-state index < -0.39 is 0 Å². The van der Waals surface area contributed by atoms with Crippen LogP contribution in [0.1, 0.15) is 18.1 Å². The molecule has 2 aromatic carbocycles. The van der Waals surface area contributed by atoms with Crippen molar-refractivity contribution in [2.75, 3.05) is 0 Å². The Balaban J connectivity index is 2.41. The highest BCUT2D eigenvalue weighted by Crippen LogP contribution is 2.35. The van der Waals surface area contributed by atoms with E-state index in [9.17, 15) is 0 Å². The molecule has 0 spiro atoms.